The van der Waals surface area contributed by atoms with Gasteiger partial charge in [0.15, 0.2) is 5.82 Å². The molecule has 116 valence electrons. The fraction of sp³-hybridized carbons (Fsp3) is 0. The van der Waals surface area contributed by atoms with Crippen molar-refractivity contribution < 1.29 is 0 Å². The highest BCUT2D eigenvalue weighted by atomic mass is 16.3. The van der Waals surface area contributed by atoms with E-state index in [4.69, 9.17) is 0 Å². The molecule has 0 aliphatic carbocycles. The van der Waals surface area contributed by atoms with Gasteiger partial charge in [-0.15, -0.1) is 4.91 Å². The molecule has 0 saturated heterocycles. The van der Waals surface area contributed by atoms with E-state index in [1.165, 1.54) is 12.2 Å². The van der Waals surface area contributed by atoms with Crippen LogP contribution in [0.2, 0.25) is 0 Å². The maximum Gasteiger partial charge on any atom is 0.178 e. The van der Waals surface area contributed by atoms with Gasteiger partial charge in [-0.25, -0.2) is 15.0 Å². The van der Waals surface area contributed by atoms with E-state index in [2.05, 4.69) is 33.3 Å². The van der Waals surface area contributed by atoms with Crippen LogP contribution in [0.1, 0.15) is 5.69 Å². The average molecular weight is 314 g/mol. The zero-order valence-corrected chi connectivity index (χ0v) is 12.9. The van der Waals surface area contributed by atoms with Gasteiger partial charge < -0.3 is 0 Å². The van der Waals surface area contributed by atoms with Crippen molar-refractivity contribution in [2.45, 2.75) is 0 Å². The van der Waals surface area contributed by atoms with Crippen LogP contribution in [0, 0.1) is 4.91 Å². The Kier molecular flexibility index (Phi) is 4.34. The van der Waals surface area contributed by atoms with E-state index in [0.717, 1.165) is 10.9 Å². The Morgan fingerprint density at radius 2 is 1.83 bits per heavy atom. The summed E-state index contributed by atoms with van der Waals surface area (Å²) in [7, 11) is 0. The summed E-state index contributed by atoms with van der Waals surface area (Å²) >= 11 is 0. The molecule has 2 aromatic heterocycles. The monoisotopic (exact) mass is 314 g/mol. The summed E-state index contributed by atoms with van der Waals surface area (Å²) in [4.78, 5) is 24.4. The van der Waals surface area contributed by atoms with E-state index in [9.17, 15) is 4.91 Å². The third kappa shape index (κ3) is 2.87. The van der Waals surface area contributed by atoms with Gasteiger partial charge in [-0.2, -0.15) is 0 Å². The molecule has 0 radical (unpaired) electrons. The van der Waals surface area contributed by atoms with E-state index < -0.39 is 0 Å². The van der Waals surface area contributed by atoms with Gasteiger partial charge in [0.05, 0.1) is 11.2 Å². The molecule has 0 fully saturated rings. The Morgan fingerprint density at radius 1 is 1.00 bits per heavy atom. The molecule has 3 aromatic rings. The standard InChI is InChI=1S/C19H14N4O/c1-3-14(15(4-2)23-24)17-10-7-11-18(21-17)19-20-12-13-8-5-6-9-16(13)22-19/h3-12H,1-2H2/b15-14-. The van der Waals surface area contributed by atoms with Crippen molar-refractivity contribution in [2.24, 2.45) is 5.18 Å². The number of benzene rings is 1. The van der Waals surface area contributed by atoms with Crippen molar-refractivity contribution in [2.75, 3.05) is 0 Å². The molecule has 5 nitrogen and oxygen atoms in total. The number of aromatic nitrogens is 3. The highest BCUT2D eigenvalue weighted by molar-refractivity contribution is 5.80. The van der Waals surface area contributed by atoms with E-state index >= 15 is 0 Å². The Morgan fingerprint density at radius 3 is 2.58 bits per heavy atom. The summed E-state index contributed by atoms with van der Waals surface area (Å²) in [6.45, 7) is 7.31. The van der Waals surface area contributed by atoms with Gasteiger partial charge in [0.2, 0.25) is 0 Å². The van der Waals surface area contributed by atoms with Crippen LogP contribution in [0.15, 0.2) is 84.8 Å². The van der Waals surface area contributed by atoms with Crippen LogP contribution >= 0.6 is 0 Å². The van der Waals surface area contributed by atoms with Crippen molar-refractivity contribution >= 4 is 16.5 Å². The number of pyridine rings is 1. The lowest BCUT2D eigenvalue weighted by Gasteiger charge is -2.06. The number of allylic oxidation sites excluding steroid dienone is 3. The van der Waals surface area contributed by atoms with Crippen molar-refractivity contribution in [1.82, 2.24) is 15.0 Å². The minimum atomic E-state index is 0.189. The van der Waals surface area contributed by atoms with Crippen LogP contribution in [0.3, 0.4) is 0 Å². The quantitative estimate of drug-likeness (QED) is 0.512. The summed E-state index contributed by atoms with van der Waals surface area (Å²) in [5, 5.41) is 3.93. The molecule has 0 N–H and O–H groups in total. The molecule has 5 heteroatoms. The summed E-state index contributed by atoms with van der Waals surface area (Å²) in [6, 6.07) is 13.2. The molecule has 3 rings (SSSR count). The predicted molar refractivity (Wildman–Crippen MR) is 95.9 cm³/mol. The number of fused-ring (bicyclic) bond motifs is 1. The lowest BCUT2D eigenvalue weighted by molar-refractivity contribution is 1.16. The maximum atomic E-state index is 10.9. The summed E-state index contributed by atoms with van der Waals surface area (Å²) in [6.07, 6.45) is 4.68. The fourth-order valence-electron chi connectivity index (χ4n) is 2.34. The van der Waals surface area contributed by atoms with E-state index in [0.29, 0.717) is 22.8 Å². The molecule has 0 aliphatic rings. The van der Waals surface area contributed by atoms with Crippen LogP contribution in [-0.2, 0) is 0 Å². The second kappa shape index (κ2) is 6.75. The fourth-order valence-corrected chi connectivity index (χ4v) is 2.34. The van der Waals surface area contributed by atoms with E-state index in [-0.39, 0.29) is 5.70 Å². The van der Waals surface area contributed by atoms with Crippen LogP contribution in [0.4, 0.5) is 0 Å². The van der Waals surface area contributed by atoms with E-state index in [1.54, 1.807) is 12.3 Å². The van der Waals surface area contributed by atoms with Crippen LogP contribution < -0.4 is 0 Å². The van der Waals surface area contributed by atoms with Gasteiger partial charge in [-0.05, 0) is 29.5 Å². The lowest BCUT2D eigenvalue weighted by atomic mass is 10.1. The minimum absolute atomic E-state index is 0.189. The first-order valence-electron chi connectivity index (χ1n) is 7.29. The van der Waals surface area contributed by atoms with Gasteiger partial charge in [-0.3, -0.25) is 0 Å². The first-order valence-corrected chi connectivity index (χ1v) is 7.29. The molecule has 0 aliphatic heterocycles. The van der Waals surface area contributed by atoms with Gasteiger partial charge in [0.25, 0.3) is 0 Å². The van der Waals surface area contributed by atoms with E-state index in [1.807, 2.05) is 36.4 Å². The molecule has 24 heavy (non-hydrogen) atoms. The summed E-state index contributed by atoms with van der Waals surface area (Å²) in [5.74, 6) is 0.512. The third-order valence-electron chi connectivity index (χ3n) is 3.51. The predicted octanol–water partition coefficient (Wildman–Crippen LogP) is 4.54. The smallest absolute Gasteiger partial charge is 0.178 e. The highest BCUT2D eigenvalue weighted by Gasteiger charge is 2.10. The van der Waals surface area contributed by atoms with Crippen LogP contribution in [0.25, 0.3) is 28.0 Å². The summed E-state index contributed by atoms with van der Waals surface area (Å²) < 4.78 is 0. The van der Waals surface area contributed by atoms with Crippen LogP contribution in [0.5, 0.6) is 0 Å². The lowest BCUT2D eigenvalue weighted by Crippen LogP contribution is -1.96. The molecule has 0 unspecified atom stereocenters. The molecular weight excluding hydrogens is 300 g/mol. The average Bonchev–Trinajstić information content (AvgIpc) is 2.65. The number of nitroso groups, excluding NO2 is 1. The number of hydrogen-bond donors (Lipinski definition) is 0. The zero-order chi connectivity index (χ0) is 16.9. The second-order valence-electron chi connectivity index (χ2n) is 4.96. The molecule has 0 spiro atoms. The molecule has 2 heterocycles. The highest BCUT2D eigenvalue weighted by Crippen LogP contribution is 2.23. The third-order valence-corrected chi connectivity index (χ3v) is 3.51. The molecule has 0 saturated carbocycles. The normalized spacial score (nSPS) is 11.7. The molecule has 0 atom stereocenters. The largest absolute Gasteiger partial charge is 0.244 e. The van der Waals surface area contributed by atoms with Crippen molar-refractivity contribution in [3.63, 3.8) is 0 Å². The Bertz CT molecular complexity index is 966. The first-order chi connectivity index (χ1) is 11.8. The van der Waals surface area contributed by atoms with Gasteiger partial charge in [-0.1, -0.05) is 43.5 Å². The number of rotatable bonds is 5. The first kappa shape index (κ1) is 15.4. The number of hydrogen-bond acceptors (Lipinski definition) is 5. The molecule has 0 bridgehead atoms. The molecule has 0 amide bonds. The summed E-state index contributed by atoms with van der Waals surface area (Å²) in [5.41, 5.74) is 2.72. The molecular formula is C19H14N4O. The Hall–Kier alpha value is -3.47. The van der Waals surface area contributed by atoms with Crippen molar-refractivity contribution in [1.29, 1.82) is 0 Å². The van der Waals surface area contributed by atoms with Crippen LogP contribution in [-0.4, -0.2) is 15.0 Å². The van der Waals surface area contributed by atoms with Crippen molar-refractivity contribution in [3.05, 3.63) is 90.3 Å². The topological polar surface area (TPSA) is 68.1 Å². The number of nitrogens with zero attached hydrogens (tertiary/aromatic N) is 4. The zero-order valence-electron chi connectivity index (χ0n) is 12.9. The molecule has 1 aromatic carbocycles. The Labute approximate surface area is 139 Å². The van der Waals surface area contributed by atoms with Gasteiger partial charge >= 0.3 is 0 Å². The maximum absolute atomic E-state index is 10.9. The Balaban J connectivity index is 2.12. The van der Waals surface area contributed by atoms with Crippen molar-refractivity contribution in [3.8, 4) is 11.5 Å². The minimum Gasteiger partial charge on any atom is -0.244 e. The van der Waals surface area contributed by atoms with Gasteiger partial charge in [0, 0.05) is 17.2 Å². The number of para-hydroxylation sites is 1. The second-order valence-corrected chi connectivity index (χ2v) is 4.96. The van der Waals surface area contributed by atoms with Gasteiger partial charge in [0.1, 0.15) is 11.4 Å². The SMILES string of the molecule is C=C/C(N=O)=C(\C=C)c1cccc(-c2ncc3ccccc3n2)n1.